The Morgan fingerprint density at radius 2 is 2.14 bits per heavy atom. The van der Waals surface area contributed by atoms with E-state index in [4.69, 9.17) is 0 Å². The fraction of sp³-hybridized carbons (Fsp3) is 0.385. The molecule has 0 saturated carbocycles. The summed E-state index contributed by atoms with van der Waals surface area (Å²) < 4.78 is 0. The zero-order chi connectivity index (χ0) is 9.97. The summed E-state index contributed by atoms with van der Waals surface area (Å²) in [6.07, 6.45) is 5.66. The van der Waals surface area contributed by atoms with Crippen LogP contribution in [0.4, 0.5) is 0 Å². The fourth-order valence-electron chi connectivity index (χ4n) is 2.09. The first-order chi connectivity index (χ1) is 6.81. The number of fused-ring (bicyclic) bond motifs is 1. The molecule has 74 valence electrons. The van der Waals surface area contributed by atoms with E-state index in [9.17, 15) is 5.11 Å². The van der Waals surface area contributed by atoms with E-state index in [2.05, 4.69) is 18.7 Å². The number of aliphatic hydroxyl groups is 1. The Labute approximate surface area is 85.1 Å². The largest absolute Gasteiger partial charge is 0.388 e. The van der Waals surface area contributed by atoms with Crippen LogP contribution in [0, 0.1) is 0 Å². The summed E-state index contributed by atoms with van der Waals surface area (Å²) in [5, 5.41) is 9.78. The molecule has 1 heteroatoms. The lowest BCUT2D eigenvalue weighted by Gasteiger charge is -2.10. The smallest absolute Gasteiger partial charge is 0.0824 e. The fourth-order valence-corrected chi connectivity index (χ4v) is 2.09. The SMILES string of the molecule is C=CCC(O)c1ccc2c(c1)CCC2. The molecule has 1 nitrogen and oxygen atoms in total. The van der Waals surface area contributed by atoms with E-state index >= 15 is 0 Å². The molecule has 1 aromatic carbocycles. The second-order valence-corrected chi connectivity index (χ2v) is 3.92. The number of benzene rings is 1. The van der Waals surface area contributed by atoms with Crippen molar-refractivity contribution in [3.05, 3.63) is 47.5 Å². The van der Waals surface area contributed by atoms with Crippen molar-refractivity contribution in [2.24, 2.45) is 0 Å². The van der Waals surface area contributed by atoms with E-state index in [0.29, 0.717) is 6.42 Å². The van der Waals surface area contributed by atoms with E-state index in [0.717, 1.165) is 5.56 Å². The predicted molar refractivity (Wildman–Crippen MR) is 58.2 cm³/mol. The minimum Gasteiger partial charge on any atom is -0.388 e. The molecule has 1 aliphatic carbocycles. The highest BCUT2D eigenvalue weighted by molar-refractivity contribution is 5.36. The first-order valence-electron chi connectivity index (χ1n) is 5.22. The van der Waals surface area contributed by atoms with Crippen LogP contribution in [0.15, 0.2) is 30.9 Å². The highest BCUT2D eigenvalue weighted by Crippen LogP contribution is 2.26. The Kier molecular flexibility index (Phi) is 2.69. The van der Waals surface area contributed by atoms with Gasteiger partial charge in [-0.3, -0.25) is 0 Å². The monoisotopic (exact) mass is 188 g/mol. The molecule has 14 heavy (non-hydrogen) atoms. The molecule has 0 amide bonds. The molecule has 0 radical (unpaired) electrons. The molecular formula is C13H16O. The number of aliphatic hydroxyl groups excluding tert-OH is 1. The maximum Gasteiger partial charge on any atom is 0.0824 e. The van der Waals surface area contributed by atoms with Gasteiger partial charge in [0, 0.05) is 0 Å². The molecule has 1 aliphatic rings. The zero-order valence-corrected chi connectivity index (χ0v) is 8.37. The summed E-state index contributed by atoms with van der Waals surface area (Å²) in [5.41, 5.74) is 3.91. The van der Waals surface area contributed by atoms with Gasteiger partial charge in [0.2, 0.25) is 0 Å². The average Bonchev–Trinajstić information content (AvgIpc) is 2.64. The lowest BCUT2D eigenvalue weighted by atomic mass is 10.0. The number of aryl methyl sites for hydroxylation is 2. The topological polar surface area (TPSA) is 20.2 Å². The summed E-state index contributed by atoms with van der Waals surface area (Å²) in [6.45, 7) is 3.64. The summed E-state index contributed by atoms with van der Waals surface area (Å²) in [7, 11) is 0. The molecular weight excluding hydrogens is 172 g/mol. The first kappa shape index (κ1) is 9.47. The minimum atomic E-state index is -0.376. The van der Waals surface area contributed by atoms with Crippen LogP contribution in [0.1, 0.15) is 35.6 Å². The van der Waals surface area contributed by atoms with Gasteiger partial charge in [-0.15, -0.1) is 6.58 Å². The van der Waals surface area contributed by atoms with E-state index in [1.54, 1.807) is 6.08 Å². The molecule has 0 heterocycles. The van der Waals surface area contributed by atoms with Gasteiger partial charge in [0.1, 0.15) is 0 Å². The van der Waals surface area contributed by atoms with Crippen molar-refractivity contribution >= 4 is 0 Å². The van der Waals surface area contributed by atoms with Crippen LogP contribution in [0.2, 0.25) is 0 Å². The normalized spacial score (nSPS) is 16.4. The van der Waals surface area contributed by atoms with Crippen molar-refractivity contribution in [1.82, 2.24) is 0 Å². The first-order valence-corrected chi connectivity index (χ1v) is 5.22. The third-order valence-electron chi connectivity index (χ3n) is 2.90. The molecule has 0 aromatic heterocycles. The summed E-state index contributed by atoms with van der Waals surface area (Å²) in [5.74, 6) is 0. The maximum atomic E-state index is 9.78. The molecule has 2 rings (SSSR count). The van der Waals surface area contributed by atoms with E-state index in [-0.39, 0.29) is 6.10 Å². The quantitative estimate of drug-likeness (QED) is 0.723. The molecule has 0 spiro atoms. The second kappa shape index (κ2) is 3.97. The Bertz CT molecular complexity index is 341. The maximum absolute atomic E-state index is 9.78. The van der Waals surface area contributed by atoms with Crippen LogP contribution >= 0.6 is 0 Å². The highest BCUT2D eigenvalue weighted by atomic mass is 16.3. The van der Waals surface area contributed by atoms with Crippen molar-refractivity contribution in [3.8, 4) is 0 Å². The Hall–Kier alpha value is -1.08. The van der Waals surface area contributed by atoms with Gasteiger partial charge in [0.05, 0.1) is 6.10 Å². The van der Waals surface area contributed by atoms with Crippen LogP contribution in [-0.4, -0.2) is 5.11 Å². The van der Waals surface area contributed by atoms with Crippen molar-refractivity contribution in [3.63, 3.8) is 0 Å². The summed E-state index contributed by atoms with van der Waals surface area (Å²) >= 11 is 0. The molecule has 0 fully saturated rings. The zero-order valence-electron chi connectivity index (χ0n) is 8.37. The second-order valence-electron chi connectivity index (χ2n) is 3.92. The van der Waals surface area contributed by atoms with Gasteiger partial charge in [-0.2, -0.15) is 0 Å². The molecule has 1 atom stereocenters. The molecule has 1 aromatic rings. The Balaban J connectivity index is 2.23. The van der Waals surface area contributed by atoms with Gasteiger partial charge in [-0.1, -0.05) is 24.3 Å². The van der Waals surface area contributed by atoms with Gasteiger partial charge < -0.3 is 5.11 Å². The van der Waals surface area contributed by atoms with E-state index in [1.807, 2.05) is 6.07 Å². The summed E-state index contributed by atoms with van der Waals surface area (Å²) in [6, 6.07) is 6.35. The van der Waals surface area contributed by atoms with Crippen molar-refractivity contribution < 1.29 is 5.11 Å². The number of rotatable bonds is 3. The lowest BCUT2D eigenvalue weighted by molar-refractivity contribution is 0.181. The van der Waals surface area contributed by atoms with Crippen LogP contribution in [0.5, 0.6) is 0 Å². The van der Waals surface area contributed by atoms with Crippen molar-refractivity contribution in [2.75, 3.05) is 0 Å². The Morgan fingerprint density at radius 3 is 2.93 bits per heavy atom. The number of hydrogen-bond donors (Lipinski definition) is 1. The third kappa shape index (κ3) is 1.73. The van der Waals surface area contributed by atoms with E-state index < -0.39 is 0 Å². The summed E-state index contributed by atoms with van der Waals surface area (Å²) in [4.78, 5) is 0. The van der Waals surface area contributed by atoms with Gasteiger partial charge in [-0.25, -0.2) is 0 Å². The highest BCUT2D eigenvalue weighted by Gasteiger charge is 2.13. The Morgan fingerprint density at radius 1 is 1.36 bits per heavy atom. The van der Waals surface area contributed by atoms with Crippen LogP contribution < -0.4 is 0 Å². The standard InChI is InChI=1S/C13H16O/c1-2-4-13(14)12-8-7-10-5-3-6-11(10)9-12/h2,7-9,13-14H,1,3-6H2. The molecule has 0 aliphatic heterocycles. The lowest BCUT2D eigenvalue weighted by Crippen LogP contribution is -1.96. The van der Waals surface area contributed by atoms with E-state index in [1.165, 1.54) is 30.4 Å². The van der Waals surface area contributed by atoms with Crippen LogP contribution in [0.25, 0.3) is 0 Å². The predicted octanol–water partition coefficient (Wildman–Crippen LogP) is 2.78. The minimum absolute atomic E-state index is 0.376. The molecule has 1 N–H and O–H groups in total. The van der Waals surface area contributed by atoms with Gasteiger partial charge >= 0.3 is 0 Å². The van der Waals surface area contributed by atoms with Crippen molar-refractivity contribution in [1.29, 1.82) is 0 Å². The van der Waals surface area contributed by atoms with Gasteiger partial charge in [-0.05, 0) is 42.4 Å². The van der Waals surface area contributed by atoms with Crippen molar-refractivity contribution in [2.45, 2.75) is 31.8 Å². The van der Waals surface area contributed by atoms with Gasteiger partial charge in [0.15, 0.2) is 0 Å². The number of hydrogen-bond acceptors (Lipinski definition) is 1. The van der Waals surface area contributed by atoms with Gasteiger partial charge in [0.25, 0.3) is 0 Å². The van der Waals surface area contributed by atoms with Crippen LogP contribution in [0.3, 0.4) is 0 Å². The third-order valence-corrected chi connectivity index (χ3v) is 2.90. The molecule has 0 saturated heterocycles. The average molecular weight is 188 g/mol. The van der Waals surface area contributed by atoms with Crippen LogP contribution in [-0.2, 0) is 12.8 Å². The molecule has 0 bridgehead atoms. The molecule has 1 unspecified atom stereocenters.